The monoisotopic (exact) mass is 260 g/mol. The van der Waals surface area contributed by atoms with E-state index in [0.29, 0.717) is 5.92 Å². The van der Waals surface area contributed by atoms with E-state index in [1.807, 2.05) is 0 Å². The fourth-order valence-electron chi connectivity index (χ4n) is 1.12. The predicted octanol–water partition coefficient (Wildman–Crippen LogP) is 3.85. The summed E-state index contributed by atoms with van der Waals surface area (Å²) in [5.41, 5.74) is 2.67. The number of hydrogen-bond donors (Lipinski definition) is 0. The Hall–Kier alpha value is -0.0500. The summed E-state index contributed by atoms with van der Waals surface area (Å²) in [5.74, 6) is 0.575. The van der Waals surface area contributed by atoms with E-state index < -0.39 is 0 Å². The van der Waals surface area contributed by atoms with Crippen molar-refractivity contribution in [2.45, 2.75) is 20.3 Å². The summed E-state index contributed by atoms with van der Waals surface area (Å²) in [4.78, 5) is 0. The zero-order valence-corrected chi connectivity index (χ0v) is 9.18. The molecule has 0 nitrogen and oxygen atoms in total. The van der Waals surface area contributed by atoms with Gasteiger partial charge >= 0.3 is 0 Å². The van der Waals surface area contributed by atoms with Crippen molar-refractivity contribution in [1.29, 1.82) is 0 Å². The SMILES string of the molecule is C=C(C)[C@@H]1C=C(I)C(C)=CC1. The lowest BCUT2D eigenvalue weighted by atomic mass is 9.92. The van der Waals surface area contributed by atoms with E-state index in [4.69, 9.17) is 0 Å². The Morgan fingerprint density at radius 2 is 2.36 bits per heavy atom. The summed E-state index contributed by atoms with van der Waals surface area (Å²) in [5, 5.41) is 0. The van der Waals surface area contributed by atoms with Crippen LogP contribution in [0, 0.1) is 5.92 Å². The van der Waals surface area contributed by atoms with E-state index in [-0.39, 0.29) is 0 Å². The van der Waals surface area contributed by atoms with Gasteiger partial charge in [0.15, 0.2) is 0 Å². The highest BCUT2D eigenvalue weighted by Gasteiger charge is 2.11. The first-order valence-corrected chi connectivity index (χ1v) is 4.89. The molecule has 1 atom stereocenters. The highest BCUT2D eigenvalue weighted by atomic mass is 127. The summed E-state index contributed by atoms with van der Waals surface area (Å²) in [6.45, 7) is 8.22. The van der Waals surface area contributed by atoms with Gasteiger partial charge < -0.3 is 0 Å². The first kappa shape index (κ1) is 9.04. The highest BCUT2D eigenvalue weighted by molar-refractivity contribution is 14.1. The van der Waals surface area contributed by atoms with Gasteiger partial charge in [-0.15, -0.1) is 0 Å². The quantitative estimate of drug-likeness (QED) is 0.496. The third kappa shape index (κ3) is 2.19. The number of halogens is 1. The molecule has 0 aromatic heterocycles. The van der Waals surface area contributed by atoms with Gasteiger partial charge in [-0.3, -0.25) is 0 Å². The Bertz CT molecular complexity index is 233. The molecule has 0 fully saturated rings. The third-order valence-corrected chi connectivity index (χ3v) is 3.25. The lowest BCUT2D eigenvalue weighted by molar-refractivity contribution is 0.763. The first-order valence-electron chi connectivity index (χ1n) is 3.81. The van der Waals surface area contributed by atoms with Crippen LogP contribution in [0.15, 0.2) is 33.5 Å². The Morgan fingerprint density at radius 3 is 2.82 bits per heavy atom. The third-order valence-electron chi connectivity index (χ3n) is 2.04. The van der Waals surface area contributed by atoms with E-state index in [1.54, 1.807) is 0 Å². The second kappa shape index (κ2) is 3.57. The Balaban J connectivity index is 2.77. The van der Waals surface area contributed by atoms with Gasteiger partial charge in [-0.2, -0.15) is 0 Å². The minimum Gasteiger partial charge on any atom is -0.0995 e. The fourth-order valence-corrected chi connectivity index (χ4v) is 1.78. The minimum atomic E-state index is 0.575. The van der Waals surface area contributed by atoms with Crippen LogP contribution in [0.3, 0.4) is 0 Å². The molecule has 0 aromatic rings. The van der Waals surface area contributed by atoms with Crippen LogP contribution in [0.25, 0.3) is 0 Å². The van der Waals surface area contributed by atoms with Crippen LogP contribution in [-0.4, -0.2) is 0 Å². The fraction of sp³-hybridized carbons (Fsp3) is 0.400. The van der Waals surface area contributed by atoms with Crippen molar-refractivity contribution >= 4 is 22.6 Å². The molecular weight excluding hydrogens is 247 g/mol. The standard InChI is InChI=1S/C10H13I/c1-7(2)9-5-4-8(3)10(11)6-9/h4,6,9H,1,5H2,2-3H3/t9-/m0/s1. The number of hydrogen-bond acceptors (Lipinski definition) is 0. The van der Waals surface area contributed by atoms with Crippen LogP contribution < -0.4 is 0 Å². The van der Waals surface area contributed by atoms with Crippen molar-refractivity contribution in [1.82, 2.24) is 0 Å². The number of rotatable bonds is 1. The van der Waals surface area contributed by atoms with Crippen LogP contribution in [0.1, 0.15) is 20.3 Å². The molecule has 60 valence electrons. The van der Waals surface area contributed by atoms with Crippen LogP contribution in [0.4, 0.5) is 0 Å². The maximum absolute atomic E-state index is 3.96. The molecule has 11 heavy (non-hydrogen) atoms. The Labute approximate surface area is 82.2 Å². The van der Waals surface area contributed by atoms with Gasteiger partial charge in [-0.05, 0) is 48.4 Å². The molecule has 1 rings (SSSR count). The normalized spacial score (nSPS) is 24.1. The van der Waals surface area contributed by atoms with Crippen molar-refractivity contribution in [2.24, 2.45) is 5.92 Å². The first-order chi connectivity index (χ1) is 5.11. The van der Waals surface area contributed by atoms with Crippen LogP contribution in [0.2, 0.25) is 0 Å². The summed E-state index contributed by atoms with van der Waals surface area (Å²) < 4.78 is 1.38. The van der Waals surface area contributed by atoms with Crippen LogP contribution >= 0.6 is 22.6 Å². The molecule has 0 saturated heterocycles. The van der Waals surface area contributed by atoms with Gasteiger partial charge in [-0.25, -0.2) is 0 Å². The van der Waals surface area contributed by atoms with Crippen molar-refractivity contribution in [3.05, 3.63) is 33.5 Å². The zero-order chi connectivity index (χ0) is 8.43. The molecule has 0 radical (unpaired) electrons. The maximum atomic E-state index is 3.96. The van der Waals surface area contributed by atoms with E-state index in [0.717, 1.165) is 6.42 Å². The summed E-state index contributed by atoms with van der Waals surface area (Å²) >= 11 is 2.38. The van der Waals surface area contributed by atoms with E-state index in [2.05, 4.69) is 55.2 Å². The Morgan fingerprint density at radius 1 is 1.73 bits per heavy atom. The molecule has 0 aliphatic heterocycles. The average molecular weight is 260 g/mol. The minimum absolute atomic E-state index is 0.575. The van der Waals surface area contributed by atoms with Gasteiger partial charge in [-0.1, -0.05) is 24.3 Å². The van der Waals surface area contributed by atoms with Gasteiger partial charge in [0.1, 0.15) is 0 Å². The lowest BCUT2D eigenvalue weighted by Gasteiger charge is -2.16. The smallest absolute Gasteiger partial charge is 0.0122 e. The molecular formula is C10H13I. The largest absolute Gasteiger partial charge is 0.0995 e. The Kier molecular flexibility index (Phi) is 2.93. The molecule has 1 aliphatic rings. The van der Waals surface area contributed by atoms with Crippen molar-refractivity contribution in [2.75, 3.05) is 0 Å². The molecule has 1 heteroatoms. The highest BCUT2D eigenvalue weighted by Crippen LogP contribution is 2.30. The molecule has 0 spiro atoms. The summed E-state index contributed by atoms with van der Waals surface area (Å²) in [6, 6.07) is 0. The van der Waals surface area contributed by atoms with E-state index in [1.165, 1.54) is 14.7 Å². The zero-order valence-electron chi connectivity index (χ0n) is 7.02. The molecule has 0 amide bonds. The molecule has 0 N–H and O–H groups in total. The molecule has 0 heterocycles. The van der Waals surface area contributed by atoms with Crippen molar-refractivity contribution in [3.8, 4) is 0 Å². The second-order valence-electron chi connectivity index (χ2n) is 3.09. The van der Waals surface area contributed by atoms with Gasteiger partial charge in [0.2, 0.25) is 0 Å². The molecule has 0 aromatic carbocycles. The summed E-state index contributed by atoms with van der Waals surface area (Å²) in [6.07, 6.45) is 5.73. The summed E-state index contributed by atoms with van der Waals surface area (Å²) in [7, 11) is 0. The van der Waals surface area contributed by atoms with Gasteiger partial charge in [0.05, 0.1) is 0 Å². The molecule has 0 bridgehead atoms. The van der Waals surface area contributed by atoms with Crippen molar-refractivity contribution < 1.29 is 0 Å². The van der Waals surface area contributed by atoms with E-state index in [9.17, 15) is 0 Å². The molecule has 0 saturated carbocycles. The lowest BCUT2D eigenvalue weighted by Crippen LogP contribution is -2.01. The molecule has 0 unspecified atom stereocenters. The van der Waals surface area contributed by atoms with Gasteiger partial charge in [0, 0.05) is 9.50 Å². The number of allylic oxidation sites excluding steroid dienone is 5. The van der Waals surface area contributed by atoms with Crippen LogP contribution in [-0.2, 0) is 0 Å². The predicted molar refractivity (Wildman–Crippen MR) is 58.8 cm³/mol. The molecule has 1 aliphatic carbocycles. The van der Waals surface area contributed by atoms with Gasteiger partial charge in [0.25, 0.3) is 0 Å². The maximum Gasteiger partial charge on any atom is 0.0122 e. The topological polar surface area (TPSA) is 0 Å². The van der Waals surface area contributed by atoms with E-state index >= 15 is 0 Å². The van der Waals surface area contributed by atoms with Crippen molar-refractivity contribution in [3.63, 3.8) is 0 Å². The van der Waals surface area contributed by atoms with Crippen LogP contribution in [0.5, 0.6) is 0 Å². The average Bonchev–Trinajstić information content (AvgIpc) is 1.94. The second-order valence-corrected chi connectivity index (χ2v) is 4.25.